The predicted octanol–water partition coefficient (Wildman–Crippen LogP) is 7.22. The van der Waals surface area contributed by atoms with Crippen LogP contribution >= 0.6 is 0 Å². The number of hydrogen-bond donors (Lipinski definition) is 1. The Morgan fingerprint density at radius 3 is 2.38 bits per heavy atom. The zero-order chi connectivity index (χ0) is 24.3. The summed E-state index contributed by atoms with van der Waals surface area (Å²) in [7, 11) is 2.10. The number of phenolic OH excluding ortho intramolecular Hbond substituents is 1. The van der Waals surface area contributed by atoms with Crippen molar-refractivity contribution in [2.45, 2.75) is 45.4 Å². The van der Waals surface area contributed by atoms with Crippen LogP contribution in [0.3, 0.4) is 0 Å². The van der Waals surface area contributed by atoms with E-state index in [9.17, 15) is 5.11 Å². The monoisotopic (exact) mass is 451 g/mol. The highest BCUT2D eigenvalue weighted by Crippen LogP contribution is 2.41. The van der Waals surface area contributed by atoms with E-state index in [0.717, 1.165) is 16.6 Å². The maximum Gasteiger partial charge on any atom is 0.231 e. The molecule has 172 valence electrons. The van der Waals surface area contributed by atoms with Crippen LogP contribution in [0.15, 0.2) is 71.2 Å². The normalized spacial score (nSPS) is 15.5. The largest absolute Gasteiger partial charge is 0.506 e. The molecule has 0 unspecified atom stereocenters. The topological polar surface area (TPSA) is 49.3 Å². The molecule has 5 rings (SSSR count). The first-order valence-corrected chi connectivity index (χ1v) is 11.7. The summed E-state index contributed by atoms with van der Waals surface area (Å²) >= 11 is 0. The lowest BCUT2D eigenvalue weighted by Gasteiger charge is -2.21. The molecule has 1 aliphatic heterocycles. The fourth-order valence-corrected chi connectivity index (χ4v) is 4.84. The van der Waals surface area contributed by atoms with Gasteiger partial charge in [-0.05, 0) is 55.2 Å². The average molecular weight is 452 g/mol. The number of hydrogen-bond acceptors (Lipinski definition) is 3. The van der Waals surface area contributed by atoms with Crippen LogP contribution in [0, 0.1) is 0 Å². The second kappa shape index (κ2) is 7.69. The number of phenols is 1. The van der Waals surface area contributed by atoms with Crippen molar-refractivity contribution in [1.29, 1.82) is 0 Å². The number of para-hydroxylation sites is 3. The number of oxazole rings is 1. The highest BCUT2D eigenvalue weighted by atomic mass is 16.3. The Hall–Kier alpha value is -3.66. The molecule has 34 heavy (non-hydrogen) atoms. The fraction of sp³-hybridized carbons (Fsp3) is 0.267. The number of fused-ring (bicyclic) bond motifs is 2. The Morgan fingerprint density at radius 1 is 0.971 bits per heavy atom. The van der Waals surface area contributed by atoms with E-state index < -0.39 is 0 Å². The first-order chi connectivity index (χ1) is 16.1. The molecular formula is C30H31N2O2+. The van der Waals surface area contributed by atoms with Gasteiger partial charge < -0.3 is 9.52 Å². The summed E-state index contributed by atoms with van der Waals surface area (Å²) in [4.78, 5) is 4.64. The van der Waals surface area contributed by atoms with Crippen molar-refractivity contribution in [3.05, 3.63) is 83.4 Å². The molecule has 0 radical (unpaired) electrons. The SMILES string of the molecule is C[N+]1=C(/C=C/c2cc(C(C)(C)C)cc(-c3nc4ccccc4o3)c2O)C(C)(C)c2ccccc21. The van der Waals surface area contributed by atoms with E-state index in [1.807, 2.05) is 36.4 Å². The summed E-state index contributed by atoms with van der Waals surface area (Å²) in [6, 6.07) is 20.2. The van der Waals surface area contributed by atoms with Gasteiger partial charge in [-0.1, -0.05) is 51.1 Å². The van der Waals surface area contributed by atoms with Crippen molar-refractivity contribution >= 4 is 28.6 Å². The third kappa shape index (κ3) is 3.54. The summed E-state index contributed by atoms with van der Waals surface area (Å²) in [5, 5.41) is 11.3. The Labute approximate surface area is 200 Å². The van der Waals surface area contributed by atoms with Crippen LogP contribution in [-0.4, -0.2) is 27.4 Å². The quantitative estimate of drug-likeness (QED) is 0.335. The van der Waals surface area contributed by atoms with Gasteiger partial charge in [0.05, 0.1) is 11.0 Å². The maximum atomic E-state index is 11.3. The van der Waals surface area contributed by atoms with Gasteiger partial charge in [0.2, 0.25) is 11.6 Å². The van der Waals surface area contributed by atoms with Crippen LogP contribution in [0.1, 0.15) is 51.3 Å². The van der Waals surface area contributed by atoms with Gasteiger partial charge in [-0.2, -0.15) is 4.58 Å². The molecule has 1 aliphatic rings. The van der Waals surface area contributed by atoms with Gasteiger partial charge in [0.15, 0.2) is 11.3 Å². The molecule has 0 bridgehead atoms. The molecule has 0 spiro atoms. The molecule has 0 saturated heterocycles. The molecule has 3 aromatic carbocycles. The van der Waals surface area contributed by atoms with Gasteiger partial charge in [0.25, 0.3) is 0 Å². The third-order valence-corrected chi connectivity index (χ3v) is 6.89. The van der Waals surface area contributed by atoms with Crippen LogP contribution < -0.4 is 0 Å². The van der Waals surface area contributed by atoms with E-state index in [1.54, 1.807) is 0 Å². The number of rotatable bonds is 3. The maximum absolute atomic E-state index is 11.3. The molecule has 4 aromatic rings. The lowest BCUT2D eigenvalue weighted by atomic mass is 9.81. The first kappa shape index (κ1) is 22.1. The minimum Gasteiger partial charge on any atom is -0.506 e. The molecule has 0 aliphatic carbocycles. The number of aromatic nitrogens is 1. The van der Waals surface area contributed by atoms with Crippen molar-refractivity contribution in [3.63, 3.8) is 0 Å². The van der Waals surface area contributed by atoms with E-state index in [4.69, 9.17) is 4.42 Å². The van der Waals surface area contributed by atoms with E-state index in [1.165, 1.54) is 17.0 Å². The van der Waals surface area contributed by atoms with Crippen LogP contribution in [-0.2, 0) is 10.8 Å². The predicted molar refractivity (Wildman–Crippen MR) is 139 cm³/mol. The molecular weight excluding hydrogens is 420 g/mol. The van der Waals surface area contributed by atoms with Gasteiger partial charge in [-0.25, -0.2) is 4.98 Å². The molecule has 0 saturated carbocycles. The Bertz CT molecular complexity index is 1450. The van der Waals surface area contributed by atoms with Crippen LogP contribution in [0.4, 0.5) is 5.69 Å². The summed E-state index contributed by atoms with van der Waals surface area (Å²) < 4.78 is 8.25. The zero-order valence-corrected chi connectivity index (χ0v) is 20.7. The van der Waals surface area contributed by atoms with Crippen molar-refractivity contribution in [2.24, 2.45) is 0 Å². The zero-order valence-electron chi connectivity index (χ0n) is 20.7. The van der Waals surface area contributed by atoms with Gasteiger partial charge in [-0.15, -0.1) is 0 Å². The van der Waals surface area contributed by atoms with Crippen LogP contribution in [0.25, 0.3) is 28.6 Å². The molecule has 1 N–H and O–H groups in total. The highest BCUT2D eigenvalue weighted by molar-refractivity contribution is 6.05. The number of aromatic hydroxyl groups is 1. The number of benzene rings is 3. The van der Waals surface area contributed by atoms with E-state index in [-0.39, 0.29) is 16.6 Å². The average Bonchev–Trinajstić information content (AvgIpc) is 3.30. The second-order valence-corrected chi connectivity index (χ2v) is 10.6. The summed E-state index contributed by atoms with van der Waals surface area (Å²) in [6.07, 6.45) is 4.13. The first-order valence-electron chi connectivity index (χ1n) is 11.7. The fourth-order valence-electron chi connectivity index (χ4n) is 4.84. The number of allylic oxidation sites excluding steroid dienone is 1. The smallest absolute Gasteiger partial charge is 0.231 e. The van der Waals surface area contributed by atoms with Crippen LogP contribution in [0.5, 0.6) is 5.75 Å². The van der Waals surface area contributed by atoms with Crippen molar-refractivity contribution in [1.82, 2.24) is 4.98 Å². The standard InChI is InChI=1S/C30H30N2O2/c1-29(2,3)20-17-19(15-16-26-30(4,5)22-11-7-9-13-24(22)32(26)6)27(33)21(18-20)28-31-23-12-8-10-14-25(23)34-28/h7-18H,1-6H3/p+1. The Kier molecular flexibility index (Phi) is 5.01. The Morgan fingerprint density at radius 2 is 1.68 bits per heavy atom. The summed E-state index contributed by atoms with van der Waals surface area (Å²) in [5.41, 5.74) is 7.39. The molecule has 0 atom stereocenters. The lowest BCUT2D eigenvalue weighted by Crippen LogP contribution is -2.26. The van der Waals surface area contributed by atoms with Gasteiger partial charge in [0, 0.05) is 23.3 Å². The van der Waals surface area contributed by atoms with E-state index >= 15 is 0 Å². The lowest BCUT2D eigenvalue weighted by molar-refractivity contribution is -0.401. The van der Waals surface area contributed by atoms with Crippen molar-refractivity contribution in [3.8, 4) is 17.2 Å². The Balaban J connectivity index is 1.64. The van der Waals surface area contributed by atoms with Gasteiger partial charge in [0.1, 0.15) is 18.3 Å². The van der Waals surface area contributed by atoms with Crippen molar-refractivity contribution in [2.75, 3.05) is 7.05 Å². The minimum atomic E-state index is -0.137. The van der Waals surface area contributed by atoms with Gasteiger partial charge >= 0.3 is 0 Å². The summed E-state index contributed by atoms with van der Waals surface area (Å²) in [6.45, 7) is 11.0. The van der Waals surface area contributed by atoms with E-state index in [2.05, 4.69) is 87.6 Å². The molecule has 1 aromatic heterocycles. The molecule has 4 nitrogen and oxygen atoms in total. The second-order valence-electron chi connectivity index (χ2n) is 10.6. The highest BCUT2D eigenvalue weighted by Gasteiger charge is 2.42. The molecule has 0 fully saturated rings. The van der Waals surface area contributed by atoms with Crippen molar-refractivity contribution < 1.29 is 14.1 Å². The third-order valence-electron chi connectivity index (χ3n) is 6.89. The van der Waals surface area contributed by atoms with E-state index in [0.29, 0.717) is 17.0 Å². The minimum absolute atomic E-state index is 0.107. The summed E-state index contributed by atoms with van der Waals surface area (Å²) in [5.74, 6) is 0.602. The number of nitrogens with zero attached hydrogens (tertiary/aromatic N) is 2. The van der Waals surface area contributed by atoms with Crippen LogP contribution in [0.2, 0.25) is 0 Å². The molecule has 2 heterocycles. The molecule has 0 amide bonds. The van der Waals surface area contributed by atoms with Gasteiger partial charge in [-0.3, -0.25) is 0 Å². The molecule has 4 heteroatoms.